The second kappa shape index (κ2) is 5.87. The summed E-state index contributed by atoms with van der Waals surface area (Å²) in [6.07, 6.45) is 5.34. The van der Waals surface area contributed by atoms with Crippen LogP contribution >= 0.6 is 11.6 Å². The van der Waals surface area contributed by atoms with E-state index in [-0.39, 0.29) is 17.3 Å². The standard InChI is InChI=1S/C17H18ClFN2O2/c18-12-3-1-4-13(19)11(12)6-7-15-20-16(23-21-15)17-8-2-5-14(17)22-10-9-17/h1,3-4,14H,2,5-10H2/t14-,17+/m1/s1. The predicted octanol–water partition coefficient (Wildman–Crippen LogP) is 3.86. The Balaban J connectivity index is 1.51. The van der Waals surface area contributed by atoms with Crippen LogP contribution in [0.5, 0.6) is 0 Å². The third-order valence-electron chi connectivity index (χ3n) is 5.13. The Bertz CT molecular complexity index is 688. The molecule has 0 spiro atoms. The van der Waals surface area contributed by atoms with E-state index in [0.29, 0.717) is 35.1 Å². The van der Waals surface area contributed by atoms with E-state index in [2.05, 4.69) is 10.1 Å². The summed E-state index contributed by atoms with van der Waals surface area (Å²) in [5.74, 6) is 0.998. The highest BCUT2D eigenvalue weighted by atomic mass is 35.5. The largest absolute Gasteiger partial charge is 0.377 e. The van der Waals surface area contributed by atoms with Crippen molar-refractivity contribution in [2.75, 3.05) is 6.61 Å². The van der Waals surface area contributed by atoms with Crippen LogP contribution in [0.1, 0.15) is 43.0 Å². The Kier molecular flexibility index (Phi) is 3.85. The molecule has 0 bridgehead atoms. The summed E-state index contributed by atoms with van der Waals surface area (Å²) in [7, 11) is 0. The van der Waals surface area contributed by atoms with Crippen LogP contribution < -0.4 is 0 Å². The molecular weight excluding hydrogens is 319 g/mol. The number of rotatable bonds is 4. The van der Waals surface area contributed by atoms with Gasteiger partial charge in [0, 0.05) is 23.6 Å². The van der Waals surface area contributed by atoms with Gasteiger partial charge in [-0.25, -0.2) is 4.39 Å². The SMILES string of the molecule is Fc1cccc(Cl)c1CCc1noc([C@]23CCC[C@H]2OCC3)n1. The molecule has 0 N–H and O–H groups in total. The number of aromatic nitrogens is 2. The zero-order valence-corrected chi connectivity index (χ0v) is 13.5. The van der Waals surface area contributed by atoms with Crippen molar-refractivity contribution in [3.63, 3.8) is 0 Å². The molecule has 0 amide bonds. The summed E-state index contributed by atoms with van der Waals surface area (Å²) >= 11 is 6.06. The first-order valence-electron chi connectivity index (χ1n) is 8.07. The second-order valence-corrected chi connectivity index (χ2v) is 6.78. The summed E-state index contributed by atoms with van der Waals surface area (Å²) in [5, 5.41) is 4.52. The lowest BCUT2D eigenvalue weighted by atomic mass is 9.83. The highest BCUT2D eigenvalue weighted by Gasteiger charge is 2.52. The first-order valence-corrected chi connectivity index (χ1v) is 8.44. The lowest BCUT2D eigenvalue weighted by Crippen LogP contribution is -2.30. The van der Waals surface area contributed by atoms with Crippen molar-refractivity contribution in [3.8, 4) is 0 Å². The van der Waals surface area contributed by atoms with Crippen LogP contribution in [0.3, 0.4) is 0 Å². The minimum absolute atomic E-state index is 0.0963. The van der Waals surface area contributed by atoms with Crippen molar-refractivity contribution in [2.45, 2.75) is 50.0 Å². The Morgan fingerprint density at radius 3 is 3.09 bits per heavy atom. The minimum atomic E-state index is -0.292. The van der Waals surface area contributed by atoms with Crippen LogP contribution in [0, 0.1) is 5.82 Å². The molecule has 1 aliphatic heterocycles. The normalized spacial score (nSPS) is 26.6. The average Bonchev–Trinajstić information content (AvgIpc) is 3.21. The van der Waals surface area contributed by atoms with Gasteiger partial charge in [-0.1, -0.05) is 22.8 Å². The zero-order chi connectivity index (χ0) is 15.9. The molecule has 1 aromatic heterocycles. The fraction of sp³-hybridized carbons (Fsp3) is 0.529. The van der Waals surface area contributed by atoms with Crippen LogP contribution in [0.25, 0.3) is 0 Å². The van der Waals surface area contributed by atoms with Gasteiger partial charge in [-0.2, -0.15) is 4.98 Å². The lowest BCUT2D eigenvalue weighted by Gasteiger charge is -2.22. The molecule has 2 aliphatic rings. The molecule has 122 valence electrons. The quantitative estimate of drug-likeness (QED) is 0.850. The van der Waals surface area contributed by atoms with E-state index in [1.807, 2.05) is 0 Å². The maximum Gasteiger partial charge on any atom is 0.235 e. The third-order valence-corrected chi connectivity index (χ3v) is 5.48. The summed E-state index contributed by atoms with van der Waals surface area (Å²) in [6.45, 7) is 0.757. The fourth-order valence-corrected chi connectivity index (χ4v) is 4.13. The molecule has 1 aliphatic carbocycles. The summed E-state index contributed by atoms with van der Waals surface area (Å²) in [4.78, 5) is 4.58. The Labute approximate surface area is 139 Å². The number of aryl methyl sites for hydroxylation is 1. The van der Waals surface area contributed by atoms with Gasteiger partial charge >= 0.3 is 0 Å². The molecular formula is C17H18ClFN2O2. The number of benzene rings is 1. The van der Waals surface area contributed by atoms with Gasteiger partial charge in [-0.3, -0.25) is 0 Å². The summed E-state index contributed by atoms with van der Waals surface area (Å²) in [6, 6.07) is 4.72. The third kappa shape index (κ3) is 2.56. The number of hydrogen-bond donors (Lipinski definition) is 0. The molecule has 0 unspecified atom stereocenters. The lowest BCUT2D eigenvalue weighted by molar-refractivity contribution is 0.0846. The van der Waals surface area contributed by atoms with Gasteiger partial charge in [0.05, 0.1) is 11.5 Å². The van der Waals surface area contributed by atoms with Gasteiger partial charge in [0.2, 0.25) is 5.89 Å². The number of hydrogen-bond acceptors (Lipinski definition) is 4. The van der Waals surface area contributed by atoms with Crippen LogP contribution in [0.4, 0.5) is 4.39 Å². The molecule has 1 aromatic carbocycles. The average molecular weight is 337 g/mol. The van der Waals surface area contributed by atoms with E-state index in [1.165, 1.54) is 6.07 Å². The molecule has 1 saturated carbocycles. The van der Waals surface area contributed by atoms with Crippen LogP contribution in [0.15, 0.2) is 22.7 Å². The molecule has 2 fully saturated rings. The highest BCUT2D eigenvalue weighted by Crippen LogP contribution is 2.48. The smallest absolute Gasteiger partial charge is 0.235 e. The van der Waals surface area contributed by atoms with E-state index in [1.54, 1.807) is 12.1 Å². The predicted molar refractivity (Wildman–Crippen MR) is 83.0 cm³/mol. The van der Waals surface area contributed by atoms with Crippen molar-refractivity contribution >= 4 is 11.6 Å². The molecule has 4 rings (SSSR count). The van der Waals surface area contributed by atoms with E-state index in [9.17, 15) is 4.39 Å². The van der Waals surface area contributed by atoms with Crippen molar-refractivity contribution < 1.29 is 13.7 Å². The topological polar surface area (TPSA) is 48.2 Å². The maximum absolute atomic E-state index is 13.8. The van der Waals surface area contributed by atoms with E-state index >= 15 is 0 Å². The summed E-state index contributed by atoms with van der Waals surface area (Å²) in [5.41, 5.74) is 0.405. The number of fused-ring (bicyclic) bond motifs is 1. The van der Waals surface area contributed by atoms with Gasteiger partial charge in [-0.05, 0) is 44.2 Å². The zero-order valence-electron chi connectivity index (χ0n) is 12.7. The van der Waals surface area contributed by atoms with Crippen molar-refractivity contribution in [1.29, 1.82) is 0 Å². The molecule has 6 heteroatoms. The van der Waals surface area contributed by atoms with Crippen LogP contribution in [-0.2, 0) is 23.0 Å². The molecule has 1 saturated heterocycles. The van der Waals surface area contributed by atoms with E-state index in [0.717, 1.165) is 32.3 Å². The van der Waals surface area contributed by atoms with Crippen molar-refractivity contribution in [1.82, 2.24) is 10.1 Å². The van der Waals surface area contributed by atoms with Gasteiger partial charge in [0.15, 0.2) is 5.82 Å². The Morgan fingerprint density at radius 1 is 1.30 bits per heavy atom. The molecule has 2 atom stereocenters. The Hall–Kier alpha value is -1.46. The van der Waals surface area contributed by atoms with Gasteiger partial charge in [0.25, 0.3) is 0 Å². The molecule has 0 radical (unpaired) electrons. The number of nitrogens with zero attached hydrogens (tertiary/aromatic N) is 2. The van der Waals surface area contributed by atoms with E-state index < -0.39 is 0 Å². The van der Waals surface area contributed by atoms with Gasteiger partial charge in [0.1, 0.15) is 5.82 Å². The number of halogens is 2. The highest BCUT2D eigenvalue weighted by molar-refractivity contribution is 6.31. The second-order valence-electron chi connectivity index (χ2n) is 6.37. The molecule has 2 heterocycles. The first kappa shape index (κ1) is 15.1. The minimum Gasteiger partial charge on any atom is -0.377 e. The van der Waals surface area contributed by atoms with Crippen molar-refractivity contribution in [3.05, 3.63) is 46.3 Å². The van der Waals surface area contributed by atoms with Gasteiger partial charge in [-0.15, -0.1) is 0 Å². The Morgan fingerprint density at radius 2 is 2.22 bits per heavy atom. The molecule has 23 heavy (non-hydrogen) atoms. The van der Waals surface area contributed by atoms with Crippen molar-refractivity contribution in [2.24, 2.45) is 0 Å². The van der Waals surface area contributed by atoms with Gasteiger partial charge < -0.3 is 9.26 Å². The maximum atomic E-state index is 13.8. The van der Waals surface area contributed by atoms with E-state index in [4.69, 9.17) is 20.9 Å². The summed E-state index contributed by atoms with van der Waals surface area (Å²) < 4.78 is 25.2. The monoisotopic (exact) mass is 336 g/mol. The number of ether oxygens (including phenoxy) is 1. The molecule has 4 nitrogen and oxygen atoms in total. The fourth-order valence-electron chi connectivity index (χ4n) is 3.87. The van der Waals surface area contributed by atoms with Crippen LogP contribution in [0.2, 0.25) is 5.02 Å². The van der Waals surface area contributed by atoms with Crippen LogP contribution in [-0.4, -0.2) is 22.9 Å². The molecule has 2 aromatic rings. The first-order chi connectivity index (χ1) is 11.2.